The number of anilines is 1. The Balaban J connectivity index is 2.07. The van der Waals surface area contributed by atoms with Gasteiger partial charge in [0.1, 0.15) is 11.6 Å². The monoisotopic (exact) mass is 371 g/mol. The van der Waals surface area contributed by atoms with E-state index in [1.165, 1.54) is 6.07 Å². The Hall–Kier alpha value is -1.76. The van der Waals surface area contributed by atoms with Crippen molar-refractivity contribution in [3.63, 3.8) is 0 Å². The van der Waals surface area contributed by atoms with E-state index in [-0.39, 0.29) is 11.6 Å². The summed E-state index contributed by atoms with van der Waals surface area (Å²) in [6.07, 6.45) is 0. The summed E-state index contributed by atoms with van der Waals surface area (Å²) in [6.45, 7) is 5.86. The van der Waals surface area contributed by atoms with E-state index < -0.39 is 17.6 Å². The number of hydrogen-bond donors (Lipinski definition) is 1. The second kappa shape index (κ2) is 6.56. The van der Waals surface area contributed by atoms with Gasteiger partial charge in [-0.2, -0.15) is 5.10 Å². The first-order valence-corrected chi connectivity index (χ1v) is 7.54. The molecule has 0 aliphatic heterocycles. The normalized spacial score (nSPS) is 12.3. The zero-order valence-corrected chi connectivity index (χ0v) is 14.0. The van der Waals surface area contributed by atoms with E-state index in [0.29, 0.717) is 6.54 Å². The number of benzene rings is 1. The molecule has 0 aliphatic carbocycles. The fourth-order valence-corrected chi connectivity index (χ4v) is 2.33. The topological polar surface area (TPSA) is 46.9 Å². The summed E-state index contributed by atoms with van der Waals surface area (Å²) in [5.74, 6) is -2.26. The quantitative estimate of drug-likeness (QED) is 0.887. The third-order valence-corrected chi connectivity index (χ3v) is 4.52. The first-order chi connectivity index (χ1) is 10.3. The molecule has 118 valence electrons. The largest absolute Gasteiger partial charge is 0.323 e. The van der Waals surface area contributed by atoms with Crippen molar-refractivity contribution < 1.29 is 13.6 Å². The first-order valence-electron chi connectivity index (χ1n) is 6.75. The molecule has 1 atom stereocenters. The van der Waals surface area contributed by atoms with Crippen LogP contribution in [-0.4, -0.2) is 15.7 Å². The van der Waals surface area contributed by atoms with Crippen LogP contribution in [0.1, 0.15) is 18.3 Å². The lowest BCUT2D eigenvalue weighted by molar-refractivity contribution is -0.119. The molecule has 1 unspecified atom stereocenters. The van der Waals surface area contributed by atoms with Gasteiger partial charge in [-0.25, -0.2) is 8.78 Å². The number of carbonyl (C=O) groups excluding carboxylic acids is 1. The SMILES string of the molecule is Cc1nn(CC(C)C(=O)Nc2ccc(F)cc2F)c(C)c1Br. The second-order valence-electron chi connectivity index (χ2n) is 5.18. The molecular weight excluding hydrogens is 356 g/mol. The van der Waals surface area contributed by atoms with Gasteiger partial charge in [0.2, 0.25) is 5.91 Å². The zero-order valence-electron chi connectivity index (χ0n) is 12.5. The number of amides is 1. The van der Waals surface area contributed by atoms with E-state index in [4.69, 9.17) is 0 Å². The Morgan fingerprint density at radius 2 is 2.09 bits per heavy atom. The van der Waals surface area contributed by atoms with Crippen LogP contribution in [0.5, 0.6) is 0 Å². The van der Waals surface area contributed by atoms with Crippen LogP contribution in [0.4, 0.5) is 14.5 Å². The highest BCUT2D eigenvalue weighted by Gasteiger charge is 2.18. The molecule has 0 bridgehead atoms. The van der Waals surface area contributed by atoms with E-state index in [1.807, 2.05) is 13.8 Å². The Morgan fingerprint density at radius 3 is 2.64 bits per heavy atom. The molecule has 7 heteroatoms. The lowest BCUT2D eigenvalue weighted by atomic mass is 10.1. The van der Waals surface area contributed by atoms with Crippen molar-refractivity contribution >= 4 is 27.5 Å². The van der Waals surface area contributed by atoms with Gasteiger partial charge in [0.15, 0.2) is 0 Å². The number of aryl methyl sites for hydroxylation is 1. The van der Waals surface area contributed by atoms with Crippen LogP contribution in [0.2, 0.25) is 0 Å². The molecule has 0 aliphatic rings. The summed E-state index contributed by atoms with van der Waals surface area (Å²) in [7, 11) is 0. The fourth-order valence-electron chi connectivity index (χ4n) is 2.04. The highest BCUT2D eigenvalue weighted by atomic mass is 79.9. The zero-order chi connectivity index (χ0) is 16.4. The van der Waals surface area contributed by atoms with Crippen molar-refractivity contribution in [1.29, 1.82) is 0 Å². The van der Waals surface area contributed by atoms with Crippen molar-refractivity contribution in [2.45, 2.75) is 27.3 Å². The lowest BCUT2D eigenvalue weighted by Gasteiger charge is -2.14. The van der Waals surface area contributed by atoms with Crippen LogP contribution in [-0.2, 0) is 11.3 Å². The molecule has 22 heavy (non-hydrogen) atoms. The number of aromatic nitrogens is 2. The summed E-state index contributed by atoms with van der Waals surface area (Å²) in [5, 5.41) is 6.80. The van der Waals surface area contributed by atoms with Crippen LogP contribution in [0.15, 0.2) is 22.7 Å². The maximum absolute atomic E-state index is 13.5. The standard InChI is InChI=1S/C15H16BrF2N3O/c1-8(7-21-10(3)14(16)9(2)20-21)15(22)19-13-5-4-11(17)6-12(13)18/h4-6,8H,7H2,1-3H3,(H,19,22). The highest BCUT2D eigenvalue weighted by Crippen LogP contribution is 2.21. The smallest absolute Gasteiger partial charge is 0.229 e. The predicted octanol–water partition coefficient (Wildman–Crippen LogP) is 3.82. The third kappa shape index (κ3) is 3.52. The van der Waals surface area contributed by atoms with E-state index in [0.717, 1.165) is 28.0 Å². The molecule has 0 radical (unpaired) electrons. The molecule has 0 saturated heterocycles. The minimum absolute atomic E-state index is 0.0344. The molecule has 2 aromatic rings. The van der Waals surface area contributed by atoms with Gasteiger partial charge in [-0.3, -0.25) is 9.48 Å². The fraction of sp³-hybridized carbons (Fsp3) is 0.333. The van der Waals surface area contributed by atoms with E-state index >= 15 is 0 Å². The van der Waals surface area contributed by atoms with Gasteiger partial charge >= 0.3 is 0 Å². The van der Waals surface area contributed by atoms with Gasteiger partial charge < -0.3 is 5.32 Å². The summed E-state index contributed by atoms with van der Waals surface area (Å²) in [6, 6.07) is 3.04. The second-order valence-corrected chi connectivity index (χ2v) is 5.97. The molecule has 1 heterocycles. The van der Waals surface area contributed by atoms with Crippen molar-refractivity contribution in [3.8, 4) is 0 Å². The van der Waals surface area contributed by atoms with Crippen LogP contribution in [0.25, 0.3) is 0 Å². The minimum atomic E-state index is -0.797. The molecule has 4 nitrogen and oxygen atoms in total. The average molecular weight is 372 g/mol. The van der Waals surface area contributed by atoms with Crippen molar-refractivity contribution in [3.05, 3.63) is 45.7 Å². The van der Waals surface area contributed by atoms with Crippen LogP contribution >= 0.6 is 15.9 Å². The van der Waals surface area contributed by atoms with Crippen molar-refractivity contribution in [2.24, 2.45) is 5.92 Å². The van der Waals surface area contributed by atoms with Crippen LogP contribution in [0.3, 0.4) is 0 Å². The van der Waals surface area contributed by atoms with E-state index in [2.05, 4.69) is 26.3 Å². The lowest BCUT2D eigenvalue weighted by Crippen LogP contribution is -2.25. The van der Waals surface area contributed by atoms with Crippen molar-refractivity contribution in [2.75, 3.05) is 5.32 Å². The number of rotatable bonds is 4. The Morgan fingerprint density at radius 1 is 1.41 bits per heavy atom. The minimum Gasteiger partial charge on any atom is -0.323 e. The molecule has 1 aromatic carbocycles. The molecule has 2 rings (SSSR count). The van der Waals surface area contributed by atoms with Gasteiger partial charge in [-0.15, -0.1) is 0 Å². The molecule has 1 amide bonds. The molecule has 0 spiro atoms. The molecule has 1 N–H and O–H groups in total. The molecular formula is C15H16BrF2N3O. The maximum Gasteiger partial charge on any atom is 0.229 e. The van der Waals surface area contributed by atoms with E-state index in [1.54, 1.807) is 11.6 Å². The Labute approximate surface area is 135 Å². The van der Waals surface area contributed by atoms with Gasteiger partial charge in [0.25, 0.3) is 0 Å². The number of nitrogens with zero attached hydrogens (tertiary/aromatic N) is 2. The Bertz CT molecular complexity index is 715. The molecule has 0 fully saturated rings. The maximum atomic E-state index is 13.5. The summed E-state index contributed by atoms with van der Waals surface area (Å²) < 4.78 is 29.0. The van der Waals surface area contributed by atoms with Crippen molar-refractivity contribution in [1.82, 2.24) is 9.78 Å². The average Bonchev–Trinajstić information content (AvgIpc) is 2.69. The van der Waals surface area contributed by atoms with Gasteiger partial charge in [-0.1, -0.05) is 6.92 Å². The van der Waals surface area contributed by atoms with E-state index in [9.17, 15) is 13.6 Å². The molecule has 0 saturated carbocycles. The number of halogens is 3. The van der Waals surface area contributed by atoms with Crippen LogP contribution < -0.4 is 5.32 Å². The first kappa shape index (κ1) is 16.6. The summed E-state index contributed by atoms with van der Waals surface area (Å²) in [4.78, 5) is 12.1. The highest BCUT2D eigenvalue weighted by molar-refractivity contribution is 9.10. The summed E-state index contributed by atoms with van der Waals surface area (Å²) >= 11 is 3.43. The third-order valence-electron chi connectivity index (χ3n) is 3.38. The Kier molecular flexibility index (Phi) is 4.95. The number of nitrogens with one attached hydrogen (secondary N) is 1. The number of hydrogen-bond acceptors (Lipinski definition) is 2. The predicted molar refractivity (Wildman–Crippen MR) is 83.6 cm³/mol. The molecule has 1 aromatic heterocycles. The van der Waals surface area contributed by atoms with Gasteiger partial charge in [0.05, 0.1) is 28.3 Å². The summed E-state index contributed by atoms with van der Waals surface area (Å²) in [5.41, 5.74) is 1.73. The van der Waals surface area contributed by atoms with Gasteiger partial charge in [-0.05, 0) is 41.9 Å². The van der Waals surface area contributed by atoms with Crippen LogP contribution in [0, 0.1) is 31.4 Å². The van der Waals surface area contributed by atoms with Gasteiger partial charge in [0, 0.05) is 11.8 Å². The number of carbonyl (C=O) groups is 1.